The lowest BCUT2D eigenvalue weighted by atomic mass is 9.83. The molecule has 1 aliphatic carbocycles. The highest BCUT2D eigenvalue weighted by molar-refractivity contribution is 5.90. The van der Waals surface area contributed by atoms with Gasteiger partial charge >= 0.3 is 0 Å². The van der Waals surface area contributed by atoms with E-state index in [9.17, 15) is 23.5 Å². The zero-order valence-electron chi connectivity index (χ0n) is 15.3. The number of amides is 1. The summed E-state index contributed by atoms with van der Waals surface area (Å²) in [5.41, 5.74) is 2.62. The van der Waals surface area contributed by atoms with Crippen LogP contribution >= 0.6 is 0 Å². The topological polar surface area (TPSA) is 66.4 Å². The normalized spacial score (nSPS) is 23.5. The number of hydrogen-bond donors (Lipinski definition) is 2. The minimum Gasteiger partial charge on any atom is -0.388 e. The van der Waals surface area contributed by atoms with Gasteiger partial charge in [0.05, 0.1) is 12.0 Å². The Morgan fingerprint density at radius 3 is 2.64 bits per heavy atom. The lowest BCUT2D eigenvalue weighted by Crippen LogP contribution is -2.23. The van der Waals surface area contributed by atoms with Gasteiger partial charge in [0, 0.05) is 25.3 Å². The van der Waals surface area contributed by atoms with E-state index < -0.39 is 23.8 Å². The van der Waals surface area contributed by atoms with Crippen molar-refractivity contribution in [2.45, 2.75) is 37.7 Å². The van der Waals surface area contributed by atoms with Crippen LogP contribution < -0.4 is 5.32 Å². The summed E-state index contributed by atoms with van der Waals surface area (Å²) in [4.78, 5) is 24.8. The quantitative estimate of drug-likeness (QED) is 0.832. The summed E-state index contributed by atoms with van der Waals surface area (Å²) >= 11 is 0. The van der Waals surface area contributed by atoms with Crippen LogP contribution in [0.3, 0.4) is 0 Å². The predicted molar refractivity (Wildman–Crippen MR) is 98.6 cm³/mol. The Balaban J connectivity index is 1.53. The monoisotopic (exact) mass is 385 g/mol. The van der Waals surface area contributed by atoms with Crippen LogP contribution in [-0.4, -0.2) is 23.3 Å². The van der Waals surface area contributed by atoms with E-state index in [-0.39, 0.29) is 36.9 Å². The van der Waals surface area contributed by atoms with Crippen molar-refractivity contribution in [3.63, 3.8) is 0 Å². The van der Waals surface area contributed by atoms with Gasteiger partial charge < -0.3 is 10.4 Å². The minimum atomic E-state index is -0.644. The average molecular weight is 385 g/mol. The second kappa shape index (κ2) is 7.43. The molecule has 2 N–H and O–H groups in total. The highest BCUT2D eigenvalue weighted by atomic mass is 19.1. The number of fused-ring (bicyclic) bond motifs is 1. The second-order valence-electron chi connectivity index (χ2n) is 7.63. The van der Waals surface area contributed by atoms with Crippen LogP contribution in [0.5, 0.6) is 0 Å². The highest BCUT2D eigenvalue weighted by Gasteiger charge is 2.39. The largest absolute Gasteiger partial charge is 0.388 e. The lowest BCUT2D eigenvalue weighted by Gasteiger charge is -2.19. The van der Waals surface area contributed by atoms with E-state index >= 15 is 0 Å². The SMILES string of the molecule is O=C(Cc1ccc(F)cc1)C[C@@H]1C(=O)NC[C@H]1c1cc2c(cc1F)C(O)CC2. The third-order valence-corrected chi connectivity index (χ3v) is 5.78. The third kappa shape index (κ3) is 3.56. The Kier molecular flexibility index (Phi) is 4.98. The summed E-state index contributed by atoms with van der Waals surface area (Å²) in [5, 5.41) is 12.7. The molecule has 1 saturated heterocycles. The number of nitrogens with one attached hydrogen (secondary N) is 1. The number of benzene rings is 2. The Bertz CT molecular complexity index is 926. The van der Waals surface area contributed by atoms with Gasteiger partial charge in [-0.25, -0.2) is 8.78 Å². The van der Waals surface area contributed by atoms with Crippen LogP contribution in [-0.2, 0) is 22.4 Å². The van der Waals surface area contributed by atoms with E-state index in [0.29, 0.717) is 29.5 Å². The number of halogens is 2. The molecular formula is C22H21F2NO3. The standard InChI is InChI=1S/C22H21F2NO3/c23-14-4-1-12(2-5-14)7-15(26)9-18-19(11-25-22(18)28)17-8-13-3-6-21(27)16(13)10-20(17)24/h1-2,4-5,8,10,18-19,21,27H,3,6-7,9,11H2,(H,25,28)/t18-,19-,21?/m0/s1. The van der Waals surface area contributed by atoms with Crippen LogP contribution in [0.2, 0.25) is 0 Å². The van der Waals surface area contributed by atoms with Crippen molar-refractivity contribution in [3.05, 3.63) is 70.3 Å². The molecule has 1 aliphatic heterocycles. The maximum absolute atomic E-state index is 14.7. The maximum Gasteiger partial charge on any atom is 0.224 e. The van der Waals surface area contributed by atoms with Crippen molar-refractivity contribution in [2.75, 3.05) is 6.54 Å². The van der Waals surface area contributed by atoms with Gasteiger partial charge in [0.2, 0.25) is 5.91 Å². The first-order chi connectivity index (χ1) is 13.4. The Morgan fingerprint density at radius 2 is 1.89 bits per heavy atom. The third-order valence-electron chi connectivity index (χ3n) is 5.78. The fraction of sp³-hybridized carbons (Fsp3) is 0.364. The van der Waals surface area contributed by atoms with Gasteiger partial charge in [-0.05, 0) is 53.3 Å². The Labute approximate surface area is 161 Å². The number of carbonyl (C=O) groups is 2. The summed E-state index contributed by atoms with van der Waals surface area (Å²) in [7, 11) is 0. The minimum absolute atomic E-state index is 0.00697. The molecule has 1 heterocycles. The first-order valence-corrected chi connectivity index (χ1v) is 9.46. The molecule has 6 heteroatoms. The lowest BCUT2D eigenvalue weighted by molar-refractivity contribution is -0.127. The number of aliphatic hydroxyl groups is 1. The van der Waals surface area contributed by atoms with Crippen LogP contribution in [0.1, 0.15) is 47.1 Å². The molecule has 0 aromatic heterocycles. The fourth-order valence-corrected chi connectivity index (χ4v) is 4.29. The van der Waals surface area contributed by atoms with Gasteiger partial charge in [-0.15, -0.1) is 0 Å². The van der Waals surface area contributed by atoms with E-state index in [1.165, 1.54) is 18.2 Å². The van der Waals surface area contributed by atoms with Gasteiger partial charge in [-0.2, -0.15) is 0 Å². The molecule has 146 valence electrons. The summed E-state index contributed by atoms with van der Waals surface area (Å²) in [6, 6.07) is 8.78. The number of ketones is 1. The first kappa shape index (κ1) is 18.7. The van der Waals surface area contributed by atoms with Gasteiger partial charge in [0.15, 0.2) is 0 Å². The number of rotatable bonds is 5. The smallest absolute Gasteiger partial charge is 0.224 e. The first-order valence-electron chi connectivity index (χ1n) is 9.46. The number of aliphatic hydroxyl groups excluding tert-OH is 1. The van der Waals surface area contributed by atoms with Crippen LogP contribution in [0, 0.1) is 17.6 Å². The molecule has 0 spiro atoms. The van der Waals surface area contributed by atoms with E-state index in [1.807, 2.05) is 0 Å². The average Bonchev–Trinajstić information content (AvgIpc) is 3.20. The van der Waals surface area contributed by atoms with E-state index in [0.717, 1.165) is 5.56 Å². The van der Waals surface area contributed by atoms with Crippen molar-refractivity contribution in [3.8, 4) is 0 Å². The Morgan fingerprint density at radius 1 is 1.14 bits per heavy atom. The van der Waals surface area contributed by atoms with Crippen LogP contribution in [0.25, 0.3) is 0 Å². The summed E-state index contributed by atoms with van der Waals surface area (Å²) in [6.07, 6.45) is 0.712. The molecule has 2 aliphatic rings. The molecule has 0 radical (unpaired) electrons. The molecule has 4 nitrogen and oxygen atoms in total. The van der Waals surface area contributed by atoms with Gasteiger partial charge in [-0.1, -0.05) is 18.2 Å². The van der Waals surface area contributed by atoms with Gasteiger partial charge in [0.25, 0.3) is 0 Å². The zero-order valence-corrected chi connectivity index (χ0v) is 15.3. The number of Topliss-reactive ketones (excluding diaryl/α,β-unsaturated/α-hetero) is 1. The molecule has 0 saturated carbocycles. The van der Waals surface area contributed by atoms with Crippen molar-refractivity contribution in [2.24, 2.45) is 5.92 Å². The van der Waals surface area contributed by atoms with Gasteiger partial charge in [-0.3, -0.25) is 9.59 Å². The Hall–Kier alpha value is -2.60. The molecule has 4 rings (SSSR count). The van der Waals surface area contributed by atoms with E-state index in [2.05, 4.69) is 5.32 Å². The van der Waals surface area contributed by atoms with Crippen molar-refractivity contribution >= 4 is 11.7 Å². The fourth-order valence-electron chi connectivity index (χ4n) is 4.29. The van der Waals surface area contributed by atoms with Crippen molar-refractivity contribution in [1.82, 2.24) is 5.32 Å². The molecule has 0 bridgehead atoms. The molecule has 1 unspecified atom stereocenters. The number of aryl methyl sites for hydroxylation is 1. The molecule has 2 aromatic rings. The summed E-state index contributed by atoms with van der Waals surface area (Å²) in [5.74, 6) is -2.27. The second-order valence-corrected chi connectivity index (χ2v) is 7.63. The van der Waals surface area contributed by atoms with Crippen LogP contribution in [0.4, 0.5) is 8.78 Å². The molecule has 1 fully saturated rings. The molecular weight excluding hydrogens is 364 g/mol. The van der Waals surface area contributed by atoms with Gasteiger partial charge in [0.1, 0.15) is 17.4 Å². The van der Waals surface area contributed by atoms with E-state index in [4.69, 9.17) is 0 Å². The predicted octanol–water partition coefficient (Wildman–Crippen LogP) is 2.98. The molecule has 2 aromatic carbocycles. The summed E-state index contributed by atoms with van der Waals surface area (Å²) < 4.78 is 27.7. The maximum atomic E-state index is 14.7. The number of carbonyl (C=O) groups excluding carboxylic acids is 2. The van der Waals surface area contributed by atoms with Crippen molar-refractivity contribution in [1.29, 1.82) is 0 Å². The highest BCUT2D eigenvalue weighted by Crippen LogP contribution is 2.38. The molecule has 28 heavy (non-hydrogen) atoms. The summed E-state index contributed by atoms with van der Waals surface area (Å²) in [6.45, 7) is 0.283. The molecule has 3 atom stereocenters. The van der Waals surface area contributed by atoms with E-state index in [1.54, 1.807) is 18.2 Å². The number of hydrogen-bond acceptors (Lipinski definition) is 3. The molecule has 1 amide bonds. The van der Waals surface area contributed by atoms with Crippen molar-refractivity contribution < 1.29 is 23.5 Å². The zero-order chi connectivity index (χ0) is 19.8. The van der Waals surface area contributed by atoms with Crippen LogP contribution in [0.15, 0.2) is 36.4 Å².